The highest BCUT2D eigenvalue weighted by atomic mass is 15.2. The van der Waals surface area contributed by atoms with Gasteiger partial charge in [0.1, 0.15) is 5.82 Å². The third-order valence-electron chi connectivity index (χ3n) is 3.16. The van der Waals surface area contributed by atoms with Crippen LogP contribution in [0.3, 0.4) is 0 Å². The molecule has 3 heteroatoms. The van der Waals surface area contributed by atoms with Crippen LogP contribution in [0.15, 0.2) is 36.5 Å². The summed E-state index contributed by atoms with van der Waals surface area (Å²) in [6, 6.07) is 10.6. The van der Waals surface area contributed by atoms with Crippen molar-refractivity contribution in [2.24, 2.45) is 0 Å². The zero-order valence-electron chi connectivity index (χ0n) is 9.26. The van der Waals surface area contributed by atoms with Crippen molar-refractivity contribution in [1.82, 2.24) is 4.98 Å². The monoisotopic (exact) mass is 214 g/mol. The Balaban J connectivity index is 2.08. The molecule has 1 saturated heterocycles. The van der Waals surface area contributed by atoms with Gasteiger partial charge in [0, 0.05) is 11.6 Å². The van der Waals surface area contributed by atoms with E-state index in [9.17, 15) is 0 Å². The topological polar surface area (TPSA) is 32.7 Å². The van der Waals surface area contributed by atoms with Gasteiger partial charge in [-0.2, -0.15) is 0 Å². The molecule has 0 atom stereocenters. The van der Waals surface area contributed by atoms with Crippen molar-refractivity contribution < 1.29 is 5.32 Å². The number of rotatable bonds is 1. The third kappa shape index (κ3) is 1.63. The van der Waals surface area contributed by atoms with E-state index in [2.05, 4.69) is 45.5 Å². The summed E-state index contributed by atoms with van der Waals surface area (Å²) < 4.78 is 0. The second kappa shape index (κ2) is 4.10. The molecule has 0 amide bonds. The molecule has 1 aliphatic heterocycles. The molecule has 0 saturated carbocycles. The fourth-order valence-corrected chi connectivity index (χ4v) is 2.32. The average Bonchev–Trinajstić information content (AvgIpc) is 2.39. The Morgan fingerprint density at radius 2 is 1.88 bits per heavy atom. The highest BCUT2D eigenvalue weighted by molar-refractivity contribution is 5.92. The van der Waals surface area contributed by atoms with Crippen LogP contribution in [0.4, 0.5) is 5.82 Å². The molecule has 1 fully saturated rings. The number of anilines is 1. The molecule has 2 N–H and O–H groups in total. The summed E-state index contributed by atoms with van der Waals surface area (Å²) in [5, 5.41) is 4.91. The zero-order valence-corrected chi connectivity index (χ0v) is 9.26. The molecular weight excluding hydrogens is 198 g/mol. The van der Waals surface area contributed by atoms with Crippen LogP contribution in [0.25, 0.3) is 10.8 Å². The van der Waals surface area contributed by atoms with Crippen molar-refractivity contribution in [3.8, 4) is 0 Å². The lowest BCUT2D eigenvalue weighted by atomic mass is 10.1. The first-order valence-corrected chi connectivity index (χ1v) is 5.85. The van der Waals surface area contributed by atoms with E-state index in [0.29, 0.717) is 0 Å². The molecule has 3 rings (SSSR count). The SMILES string of the molecule is c1ccc2c(N3CC[NH2+]CC3)nccc2c1. The number of fused-ring (bicyclic) bond motifs is 1. The number of nitrogens with two attached hydrogens (primary N) is 1. The summed E-state index contributed by atoms with van der Waals surface area (Å²) in [6.07, 6.45) is 1.91. The van der Waals surface area contributed by atoms with Gasteiger partial charge in [-0.15, -0.1) is 0 Å². The molecule has 1 aromatic carbocycles. The number of nitrogens with zero attached hydrogens (tertiary/aromatic N) is 2. The first kappa shape index (κ1) is 9.60. The molecule has 0 spiro atoms. The molecule has 0 unspecified atom stereocenters. The lowest BCUT2D eigenvalue weighted by Crippen LogP contribution is -2.89. The predicted octanol–water partition coefficient (Wildman–Crippen LogP) is 0.618. The Kier molecular flexibility index (Phi) is 2.46. The van der Waals surface area contributed by atoms with Crippen LogP contribution in [0, 0.1) is 0 Å². The summed E-state index contributed by atoms with van der Waals surface area (Å²) in [4.78, 5) is 6.93. The summed E-state index contributed by atoms with van der Waals surface area (Å²) >= 11 is 0. The average molecular weight is 214 g/mol. The van der Waals surface area contributed by atoms with Gasteiger partial charge in [-0.1, -0.05) is 24.3 Å². The Bertz CT molecular complexity index is 484. The molecule has 1 aromatic heterocycles. The molecular formula is C13H16N3+. The van der Waals surface area contributed by atoms with Crippen LogP contribution in [0.2, 0.25) is 0 Å². The van der Waals surface area contributed by atoms with E-state index in [1.165, 1.54) is 23.9 Å². The lowest BCUT2D eigenvalue weighted by Gasteiger charge is -2.27. The van der Waals surface area contributed by atoms with Gasteiger partial charge >= 0.3 is 0 Å². The number of hydrogen-bond acceptors (Lipinski definition) is 2. The van der Waals surface area contributed by atoms with Crippen molar-refractivity contribution in [1.29, 1.82) is 0 Å². The minimum atomic E-state index is 1.10. The second-order valence-corrected chi connectivity index (χ2v) is 4.21. The van der Waals surface area contributed by atoms with Crippen LogP contribution in [-0.2, 0) is 0 Å². The summed E-state index contributed by atoms with van der Waals surface area (Å²) in [7, 11) is 0. The third-order valence-corrected chi connectivity index (χ3v) is 3.16. The first-order chi connectivity index (χ1) is 7.95. The lowest BCUT2D eigenvalue weighted by molar-refractivity contribution is -0.655. The van der Waals surface area contributed by atoms with Crippen molar-refractivity contribution >= 4 is 16.6 Å². The fraction of sp³-hybridized carbons (Fsp3) is 0.308. The normalized spacial score (nSPS) is 16.6. The molecule has 0 aliphatic carbocycles. The van der Waals surface area contributed by atoms with Crippen LogP contribution < -0.4 is 10.2 Å². The quantitative estimate of drug-likeness (QED) is 0.755. The standard InChI is InChI=1S/C13H15N3/c1-2-4-12-11(3-1)5-6-15-13(12)16-9-7-14-8-10-16/h1-6,14H,7-10H2/p+1. The predicted molar refractivity (Wildman–Crippen MR) is 65.6 cm³/mol. The van der Waals surface area contributed by atoms with Crippen molar-refractivity contribution in [3.63, 3.8) is 0 Å². The van der Waals surface area contributed by atoms with Gasteiger partial charge < -0.3 is 10.2 Å². The Hall–Kier alpha value is -1.61. The van der Waals surface area contributed by atoms with E-state index in [-0.39, 0.29) is 0 Å². The van der Waals surface area contributed by atoms with Crippen LogP contribution in [-0.4, -0.2) is 31.2 Å². The molecule has 2 aromatic rings. The van der Waals surface area contributed by atoms with Gasteiger partial charge in [-0.3, -0.25) is 0 Å². The molecule has 0 radical (unpaired) electrons. The van der Waals surface area contributed by atoms with E-state index in [1.54, 1.807) is 0 Å². The van der Waals surface area contributed by atoms with Gasteiger partial charge in [0.15, 0.2) is 0 Å². The zero-order chi connectivity index (χ0) is 10.8. The molecule has 16 heavy (non-hydrogen) atoms. The highest BCUT2D eigenvalue weighted by Crippen LogP contribution is 2.23. The molecule has 0 bridgehead atoms. The second-order valence-electron chi connectivity index (χ2n) is 4.21. The molecule has 82 valence electrons. The summed E-state index contributed by atoms with van der Waals surface area (Å²) in [5.74, 6) is 1.14. The minimum absolute atomic E-state index is 1.10. The van der Waals surface area contributed by atoms with Crippen LogP contribution >= 0.6 is 0 Å². The van der Waals surface area contributed by atoms with Gasteiger partial charge in [0.2, 0.25) is 0 Å². The van der Waals surface area contributed by atoms with Crippen molar-refractivity contribution in [2.45, 2.75) is 0 Å². The smallest absolute Gasteiger partial charge is 0.136 e. The van der Waals surface area contributed by atoms with E-state index >= 15 is 0 Å². The van der Waals surface area contributed by atoms with Crippen molar-refractivity contribution in [2.75, 3.05) is 31.1 Å². The molecule has 1 aliphatic rings. The maximum Gasteiger partial charge on any atom is 0.136 e. The Morgan fingerprint density at radius 3 is 2.75 bits per heavy atom. The largest absolute Gasteiger partial charge is 0.345 e. The van der Waals surface area contributed by atoms with Crippen LogP contribution in [0.1, 0.15) is 0 Å². The molecule has 2 heterocycles. The number of piperazine rings is 1. The first-order valence-electron chi connectivity index (χ1n) is 5.85. The van der Waals surface area contributed by atoms with Gasteiger partial charge in [-0.05, 0) is 11.5 Å². The number of aromatic nitrogens is 1. The van der Waals surface area contributed by atoms with Crippen molar-refractivity contribution in [3.05, 3.63) is 36.5 Å². The van der Waals surface area contributed by atoms with E-state index in [0.717, 1.165) is 18.9 Å². The molecule has 3 nitrogen and oxygen atoms in total. The highest BCUT2D eigenvalue weighted by Gasteiger charge is 2.15. The van der Waals surface area contributed by atoms with E-state index in [1.807, 2.05) is 6.20 Å². The Labute approximate surface area is 95.1 Å². The maximum atomic E-state index is 4.54. The number of benzene rings is 1. The van der Waals surface area contributed by atoms with Gasteiger partial charge in [0.05, 0.1) is 26.2 Å². The van der Waals surface area contributed by atoms with E-state index in [4.69, 9.17) is 0 Å². The maximum absolute atomic E-state index is 4.54. The number of hydrogen-bond donors (Lipinski definition) is 1. The number of pyridine rings is 1. The minimum Gasteiger partial charge on any atom is -0.345 e. The summed E-state index contributed by atoms with van der Waals surface area (Å²) in [5.41, 5.74) is 0. The van der Waals surface area contributed by atoms with E-state index < -0.39 is 0 Å². The Morgan fingerprint density at radius 1 is 1.06 bits per heavy atom. The van der Waals surface area contributed by atoms with Gasteiger partial charge in [0.25, 0.3) is 0 Å². The fourth-order valence-electron chi connectivity index (χ4n) is 2.32. The number of quaternary nitrogens is 1. The van der Waals surface area contributed by atoms with Gasteiger partial charge in [-0.25, -0.2) is 4.98 Å². The van der Waals surface area contributed by atoms with Crippen LogP contribution in [0.5, 0.6) is 0 Å². The summed E-state index contributed by atoms with van der Waals surface area (Å²) in [6.45, 7) is 4.54.